The summed E-state index contributed by atoms with van der Waals surface area (Å²) >= 11 is 0. The topological polar surface area (TPSA) is 94.4 Å². The minimum Gasteiger partial charge on any atom is -0.270 e. The number of aromatic nitrogens is 3. The predicted molar refractivity (Wildman–Crippen MR) is 77.0 cm³/mol. The number of hydrogen-bond donors (Lipinski definition) is 0. The lowest BCUT2D eigenvalue weighted by Gasteiger charge is -2.19. The Morgan fingerprint density at radius 3 is 2.86 bits per heavy atom. The molecule has 0 atom stereocenters. The Balaban J connectivity index is 1.90. The number of hydrogen-bond acceptors (Lipinski definition) is 6. The summed E-state index contributed by atoms with van der Waals surface area (Å²) in [5.74, 6) is -0.268. The highest BCUT2D eigenvalue weighted by Gasteiger charge is 2.26. The number of carbonyl (C=O) groups is 1. The van der Waals surface area contributed by atoms with Gasteiger partial charge in [0, 0.05) is 18.6 Å². The smallest absolute Gasteiger partial charge is 0.270 e. The van der Waals surface area contributed by atoms with Gasteiger partial charge >= 0.3 is 0 Å². The monoisotopic (exact) mass is 322 g/mol. The summed E-state index contributed by atoms with van der Waals surface area (Å²) in [7, 11) is -3.17. The van der Waals surface area contributed by atoms with E-state index < -0.39 is 15.7 Å². The van der Waals surface area contributed by atoms with Crippen molar-refractivity contribution in [3.8, 4) is 5.82 Å². The predicted octanol–water partition coefficient (Wildman–Crippen LogP) is 0.0695. The molecule has 0 aromatic carbocycles. The van der Waals surface area contributed by atoms with Gasteiger partial charge in [-0.3, -0.25) is 9.63 Å². The second-order valence-electron chi connectivity index (χ2n) is 4.72. The van der Waals surface area contributed by atoms with Crippen LogP contribution in [0.2, 0.25) is 0 Å². The molecule has 0 saturated carbocycles. The van der Waals surface area contributed by atoms with Gasteiger partial charge in [0.2, 0.25) is 0 Å². The van der Waals surface area contributed by atoms with Crippen molar-refractivity contribution in [1.29, 1.82) is 0 Å². The molecule has 0 aliphatic carbocycles. The van der Waals surface area contributed by atoms with E-state index in [1.807, 2.05) is 0 Å². The van der Waals surface area contributed by atoms with Gasteiger partial charge in [0.25, 0.3) is 5.91 Å². The van der Waals surface area contributed by atoms with Crippen molar-refractivity contribution >= 4 is 15.7 Å². The van der Waals surface area contributed by atoms with Crippen molar-refractivity contribution in [3.63, 3.8) is 0 Å². The third-order valence-corrected chi connectivity index (χ3v) is 4.81. The van der Waals surface area contributed by atoms with Crippen LogP contribution in [-0.2, 0) is 14.7 Å². The quantitative estimate of drug-likeness (QED) is 0.776. The molecule has 0 N–H and O–H groups in total. The van der Waals surface area contributed by atoms with Gasteiger partial charge in [-0.25, -0.2) is 23.1 Å². The molecule has 8 nitrogen and oxygen atoms in total. The number of rotatable bonds is 2. The Labute approximate surface area is 127 Å². The van der Waals surface area contributed by atoms with E-state index in [1.54, 1.807) is 36.8 Å². The Hall–Kier alpha value is -2.26. The van der Waals surface area contributed by atoms with Crippen LogP contribution in [0.5, 0.6) is 0 Å². The first-order valence-corrected chi connectivity index (χ1v) is 8.49. The number of carbonyl (C=O) groups excluding carboxylic acids is 1. The number of amides is 1. The van der Waals surface area contributed by atoms with Gasteiger partial charge in [-0.15, -0.1) is 0 Å². The van der Waals surface area contributed by atoms with Crippen LogP contribution in [0.15, 0.2) is 36.8 Å². The van der Waals surface area contributed by atoms with E-state index in [1.165, 1.54) is 4.68 Å². The fourth-order valence-corrected chi connectivity index (χ4v) is 3.07. The third-order valence-electron chi connectivity index (χ3n) is 3.21. The summed E-state index contributed by atoms with van der Waals surface area (Å²) in [6.45, 7) is -0.0416. The van der Waals surface area contributed by atoms with E-state index in [4.69, 9.17) is 4.84 Å². The molecule has 9 heteroatoms. The van der Waals surface area contributed by atoms with Gasteiger partial charge in [-0.1, -0.05) is 0 Å². The van der Waals surface area contributed by atoms with E-state index in [0.29, 0.717) is 11.4 Å². The van der Waals surface area contributed by atoms with Gasteiger partial charge in [0.05, 0.1) is 30.2 Å². The Kier molecular flexibility index (Phi) is 3.90. The van der Waals surface area contributed by atoms with Crippen LogP contribution in [0.4, 0.5) is 0 Å². The van der Waals surface area contributed by atoms with Crippen molar-refractivity contribution in [2.75, 3.05) is 24.7 Å². The Morgan fingerprint density at radius 1 is 1.23 bits per heavy atom. The van der Waals surface area contributed by atoms with E-state index >= 15 is 0 Å². The summed E-state index contributed by atoms with van der Waals surface area (Å²) < 4.78 is 24.6. The third kappa shape index (κ3) is 3.00. The molecular weight excluding hydrogens is 308 g/mol. The molecule has 0 unspecified atom stereocenters. The van der Waals surface area contributed by atoms with Crippen molar-refractivity contribution in [1.82, 2.24) is 19.8 Å². The Bertz CT molecular complexity index is 773. The Morgan fingerprint density at radius 2 is 2.09 bits per heavy atom. The zero-order valence-corrected chi connectivity index (χ0v) is 12.4. The summed E-state index contributed by atoms with van der Waals surface area (Å²) in [4.78, 5) is 22.0. The highest BCUT2D eigenvalue weighted by atomic mass is 32.2. The molecule has 2 aromatic rings. The minimum atomic E-state index is -3.17. The lowest BCUT2D eigenvalue weighted by molar-refractivity contribution is -0.111. The normalized spacial score (nSPS) is 17.9. The van der Waals surface area contributed by atoms with Crippen molar-refractivity contribution < 1.29 is 18.0 Å². The second kappa shape index (κ2) is 5.85. The molecule has 3 heterocycles. The molecule has 0 radical (unpaired) electrons. The van der Waals surface area contributed by atoms with E-state index in [-0.39, 0.29) is 24.7 Å². The van der Waals surface area contributed by atoms with Crippen LogP contribution in [0.1, 0.15) is 10.4 Å². The fraction of sp³-hybridized carbons (Fsp3) is 0.308. The van der Waals surface area contributed by atoms with E-state index in [2.05, 4.69) is 10.1 Å². The van der Waals surface area contributed by atoms with Crippen LogP contribution >= 0.6 is 0 Å². The number of pyridine rings is 1. The van der Waals surface area contributed by atoms with Crippen LogP contribution in [0.25, 0.3) is 5.82 Å². The maximum atomic E-state index is 12.6. The molecule has 1 aliphatic heterocycles. The minimum absolute atomic E-state index is 0.00535. The maximum Gasteiger partial charge on any atom is 0.281 e. The van der Waals surface area contributed by atoms with Gasteiger partial charge in [-0.2, -0.15) is 5.10 Å². The van der Waals surface area contributed by atoms with Crippen molar-refractivity contribution in [3.05, 3.63) is 42.4 Å². The highest BCUT2D eigenvalue weighted by Crippen LogP contribution is 2.15. The second-order valence-corrected chi connectivity index (χ2v) is 7.02. The molecule has 1 saturated heterocycles. The molecule has 3 rings (SSSR count). The molecule has 0 bridgehead atoms. The summed E-state index contributed by atoms with van der Waals surface area (Å²) in [5, 5.41) is 5.14. The van der Waals surface area contributed by atoms with Crippen molar-refractivity contribution in [2.24, 2.45) is 0 Å². The van der Waals surface area contributed by atoms with Gasteiger partial charge in [-0.05, 0) is 18.2 Å². The zero-order chi connectivity index (χ0) is 15.6. The number of hydroxylamine groups is 2. The van der Waals surface area contributed by atoms with E-state index in [0.717, 1.165) is 5.06 Å². The average molecular weight is 322 g/mol. The van der Waals surface area contributed by atoms with Crippen LogP contribution < -0.4 is 0 Å². The van der Waals surface area contributed by atoms with Gasteiger partial charge < -0.3 is 0 Å². The first-order chi connectivity index (χ1) is 10.6. The van der Waals surface area contributed by atoms with Crippen LogP contribution in [-0.4, -0.2) is 58.8 Å². The van der Waals surface area contributed by atoms with Crippen LogP contribution in [0, 0.1) is 0 Å². The molecular formula is C13H14N4O4S. The molecule has 1 fully saturated rings. The number of sulfone groups is 1. The summed E-state index contributed by atoms with van der Waals surface area (Å²) in [5.41, 5.74) is 0.297. The van der Waals surface area contributed by atoms with Gasteiger partial charge in [0.15, 0.2) is 15.7 Å². The van der Waals surface area contributed by atoms with Crippen molar-refractivity contribution in [2.45, 2.75) is 0 Å². The van der Waals surface area contributed by atoms with Gasteiger partial charge in [0.1, 0.15) is 0 Å². The molecule has 116 valence electrons. The zero-order valence-electron chi connectivity index (χ0n) is 11.6. The lowest BCUT2D eigenvalue weighted by Crippen LogP contribution is -2.33. The summed E-state index contributed by atoms with van der Waals surface area (Å²) in [6, 6.07) is 4.96. The molecule has 1 amide bonds. The standard InChI is InChI=1S/C13H14N4O4S/c18-13(17-7-9-22(19,20)10-8-21-17)11-3-1-4-14-12(11)16-6-2-5-15-16/h1-6H,7-10H2. The first-order valence-electron chi connectivity index (χ1n) is 6.67. The molecule has 1 aliphatic rings. The fourth-order valence-electron chi connectivity index (χ4n) is 2.10. The molecule has 0 spiro atoms. The summed E-state index contributed by atoms with van der Waals surface area (Å²) in [6.07, 6.45) is 4.81. The van der Waals surface area contributed by atoms with E-state index in [9.17, 15) is 13.2 Å². The number of nitrogens with zero attached hydrogens (tertiary/aromatic N) is 4. The maximum absolute atomic E-state index is 12.6. The molecule has 2 aromatic heterocycles. The SMILES string of the molecule is O=C(c1cccnc1-n1cccn1)N1CCS(=O)(=O)CCO1. The largest absolute Gasteiger partial charge is 0.281 e. The highest BCUT2D eigenvalue weighted by molar-refractivity contribution is 7.91. The first kappa shape index (κ1) is 14.7. The van der Waals surface area contributed by atoms with Crippen LogP contribution in [0.3, 0.4) is 0 Å². The average Bonchev–Trinajstić information content (AvgIpc) is 2.98. The molecule has 22 heavy (non-hydrogen) atoms. The lowest BCUT2D eigenvalue weighted by atomic mass is 10.2.